The van der Waals surface area contributed by atoms with E-state index in [2.05, 4.69) is 22.3 Å². The molecule has 1 aromatic rings. The summed E-state index contributed by atoms with van der Waals surface area (Å²) in [5.74, 6) is 1.02. The summed E-state index contributed by atoms with van der Waals surface area (Å²) in [6, 6.07) is 8.28. The minimum absolute atomic E-state index is 0.826. The number of nitrogens with zero attached hydrogens (tertiary/aromatic N) is 1. The van der Waals surface area contributed by atoms with E-state index in [1.807, 2.05) is 19.2 Å². The molecule has 1 aliphatic rings. The summed E-state index contributed by atoms with van der Waals surface area (Å²) in [5.41, 5.74) is 1.23. The van der Waals surface area contributed by atoms with Gasteiger partial charge in [0.1, 0.15) is 5.75 Å². The molecule has 0 amide bonds. The van der Waals surface area contributed by atoms with Crippen LogP contribution in [0.25, 0.3) is 0 Å². The number of benzene rings is 1. The maximum absolute atomic E-state index is 5.70. The number of anilines is 1. The molecule has 1 heterocycles. The molecule has 0 radical (unpaired) electrons. The van der Waals surface area contributed by atoms with Gasteiger partial charge in [-0.1, -0.05) is 12.1 Å². The normalized spacial score (nSPS) is 15.4. The van der Waals surface area contributed by atoms with Crippen LogP contribution >= 0.6 is 0 Å². The summed E-state index contributed by atoms with van der Waals surface area (Å²) in [6.07, 6.45) is 1.10. The molecule has 0 bridgehead atoms. The topological polar surface area (TPSA) is 24.5 Å². The number of likely N-dealkylation sites (N-methyl/N-ethyl adjacent to an activating group) is 1. The molecule has 0 fully saturated rings. The Morgan fingerprint density at radius 2 is 2.27 bits per heavy atom. The van der Waals surface area contributed by atoms with Gasteiger partial charge in [-0.3, -0.25) is 0 Å². The van der Waals surface area contributed by atoms with Crippen LogP contribution in [0.4, 0.5) is 5.69 Å². The number of fused-ring (bicyclic) bond motifs is 1. The van der Waals surface area contributed by atoms with Crippen molar-refractivity contribution in [1.29, 1.82) is 0 Å². The van der Waals surface area contributed by atoms with Crippen molar-refractivity contribution in [3.05, 3.63) is 24.3 Å². The zero-order valence-electron chi connectivity index (χ0n) is 9.20. The van der Waals surface area contributed by atoms with Crippen molar-refractivity contribution < 1.29 is 4.74 Å². The van der Waals surface area contributed by atoms with Crippen LogP contribution in [0.5, 0.6) is 5.75 Å². The van der Waals surface area contributed by atoms with Gasteiger partial charge in [-0.05, 0) is 25.6 Å². The van der Waals surface area contributed by atoms with E-state index in [1.165, 1.54) is 5.69 Å². The number of hydrogen-bond donors (Lipinski definition) is 1. The lowest BCUT2D eigenvalue weighted by molar-refractivity contribution is 0.322. The van der Waals surface area contributed by atoms with E-state index in [0.29, 0.717) is 0 Å². The van der Waals surface area contributed by atoms with Gasteiger partial charge in [0.15, 0.2) is 0 Å². The molecular formula is C12H18N2O. The first-order chi connectivity index (χ1) is 7.42. The minimum atomic E-state index is 0.826. The monoisotopic (exact) mass is 206 g/mol. The first-order valence-corrected chi connectivity index (χ1v) is 5.53. The van der Waals surface area contributed by atoms with Gasteiger partial charge in [-0.2, -0.15) is 0 Å². The Morgan fingerprint density at radius 3 is 3.13 bits per heavy atom. The molecule has 3 heteroatoms. The van der Waals surface area contributed by atoms with Crippen LogP contribution < -0.4 is 15.0 Å². The molecule has 0 saturated heterocycles. The third kappa shape index (κ3) is 2.42. The fourth-order valence-electron chi connectivity index (χ4n) is 1.88. The van der Waals surface area contributed by atoms with E-state index < -0.39 is 0 Å². The summed E-state index contributed by atoms with van der Waals surface area (Å²) in [7, 11) is 1.99. The standard InChI is InChI=1S/C12H18N2O/c1-13-7-9-14-8-4-10-15-12-6-3-2-5-11(12)14/h2-3,5-6,13H,4,7-10H2,1H3. The lowest BCUT2D eigenvalue weighted by Gasteiger charge is -2.23. The molecule has 0 atom stereocenters. The number of rotatable bonds is 3. The molecule has 1 N–H and O–H groups in total. The van der Waals surface area contributed by atoms with E-state index in [0.717, 1.165) is 38.4 Å². The molecular weight excluding hydrogens is 188 g/mol. The van der Waals surface area contributed by atoms with E-state index >= 15 is 0 Å². The third-order valence-corrected chi connectivity index (χ3v) is 2.67. The van der Waals surface area contributed by atoms with Crippen molar-refractivity contribution in [1.82, 2.24) is 5.32 Å². The van der Waals surface area contributed by atoms with E-state index in [4.69, 9.17) is 4.74 Å². The van der Waals surface area contributed by atoms with Gasteiger partial charge in [-0.15, -0.1) is 0 Å². The average Bonchev–Trinajstić information content (AvgIpc) is 2.49. The second kappa shape index (κ2) is 5.03. The van der Waals surface area contributed by atoms with Gasteiger partial charge in [0, 0.05) is 19.6 Å². The van der Waals surface area contributed by atoms with Gasteiger partial charge in [0.05, 0.1) is 12.3 Å². The largest absolute Gasteiger partial charge is 0.491 e. The fraction of sp³-hybridized carbons (Fsp3) is 0.500. The minimum Gasteiger partial charge on any atom is -0.491 e. The fourth-order valence-corrected chi connectivity index (χ4v) is 1.88. The summed E-state index contributed by atoms with van der Waals surface area (Å²) in [4.78, 5) is 2.39. The molecule has 3 nitrogen and oxygen atoms in total. The van der Waals surface area contributed by atoms with E-state index in [1.54, 1.807) is 0 Å². The smallest absolute Gasteiger partial charge is 0.142 e. The third-order valence-electron chi connectivity index (χ3n) is 2.67. The molecule has 0 saturated carbocycles. The van der Waals surface area contributed by atoms with Gasteiger partial charge < -0.3 is 15.0 Å². The summed E-state index contributed by atoms with van der Waals surface area (Å²) in [5, 5.41) is 3.18. The van der Waals surface area contributed by atoms with Crippen LogP contribution in [0.3, 0.4) is 0 Å². The van der Waals surface area contributed by atoms with Crippen LogP contribution in [0, 0.1) is 0 Å². The number of hydrogen-bond acceptors (Lipinski definition) is 3. The molecule has 0 spiro atoms. The Kier molecular flexibility index (Phi) is 3.45. The van der Waals surface area contributed by atoms with Gasteiger partial charge in [0.25, 0.3) is 0 Å². The van der Waals surface area contributed by atoms with Crippen LogP contribution in [-0.4, -0.2) is 33.3 Å². The summed E-state index contributed by atoms with van der Waals surface area (Å²) < 4.78 is 5.70. The number of nitrogens with one attached hydrogen (secondary N) is 1. The number of ether oxygens (including phenoxy) is 1. The van der Waals surface area contributed by atoms with Crippen LogP contribution in [0.2, 0.25) is 0 Å². The SMILES string of the molecule is CNCCN1CCCOc2ccccc21. The van der Waals surface area contributed by atoms with Crippen LogP contribution in [0.15, 0.2) is 24.3 Å². The Hall–Kier alpha value is -1.22. The Bertz CT molecular complexity index is 314. The lowest BCUT2D eigenvalue weighted by atomic mass is 10.2. The van der Waals surface area contributed by atoms with Gasteiger partial charge in [0.2, 0.25) is 0 Å². The molecule has 2 rings (SSSR count). The van der Waals surface area contributed by atoms with Crippen molar-refractivity contribution in [3.8, 4) is 5.75 Å². The van der Waals surface area contributed by atoms with Crippen molar-refractivity contribution in [2.24, 2.45) is 0 Å². The highest BCUT2D eigenvalue weighted by molar-refractivity contribution is 5.58. The zero-order valence-corrected chi connectivity index (χ0v) is 9.20. The van der Waals surface area contributed by atoms with Crippen LogP contribution in [-0.2, 0) is 0 Å². The Labute approximate surface area is 91.0 Å². The second-order valence-corrected chi connectivity index (χ2v) is 3.76. The van der Waals surface area contributed by atoms with Crippen molar-refractivity contribution in [2.75, 3.05) is 38.2 Å². The van der Waals surface area contributed by atoms with Gasteiger partial charge in [-0.25, -0.2) is 0 Å². The first kappa shape index (κ1) is 10.3. The van der Waals surface area contributed by atoms with E-state index in [-0.39, 0.29) is 0 Å². The van der Waals surface area contributed by atoms with Crippen molar-refractivity contribution in [3.63, 3.8) is 0 Å². The second-order valence-electron chi connectivity index (χ2n) is 3.76. The number of para-hydroxylation sites is 2. The molecule has 0 unspecified atom stereocenters. The molecule has 1 aliphatic heterocycles. The predicted molar refractivity (Wildman–Crippen MR) is 62.7 cm³/mol. The summed E-state index contributed by atoms with van der Waals surface area (Å²) >= 11 is 0. The first-order valence-electron chi connectivity index (χ1n) is 5.53. The lowest BCUT2D eigenvalue weighted by Crippen LogP contribution is -2.31. The molecule has 1 aromatic carbocycles. The predicted octanol–water partition coefficient (Wildman–Crippen LogP) is 1.49. The molecule has 82 valence electrons. The highest BCUT2D eigenvalue weighted by atomic mass is 16.5. The highest BCUT2D eigenvalue weighted by Gasteiger charge is 2.14. The average molecular weight is 206 g/mol. The zero-order chi connectivity index (χ0) is 10.5. The van der Waals surface area contributed by atoms with E-state index in [9.17, 15) is 0 Å². The quantitative estimate of drug-likeness (QED) is 0.811. The van der Waals surface area contributed by atoms with Crippen molar-refractivity contribution in [2.45, 2.75) is 6.42 Å². The maximum atomic E-state index is 5.70. The Morgan fingerprint density at radius 1 is 1.40 bits per heavy atom. The molecule has 0 aliphatic carbocycles. The van der Waals surface area contributed by atoms with Crippen LogP contribution in [0.1, 0.15) is 6.42 Å². The summed E-state index contributed by atoms with van der Waals surface area (Å²) in [6.45, 7) is 3.96. The Balaban J connectivity index is 2.17. The highest BCUT2D eigenvalue weighted by Crippen LogP contribution is 2.29. The maximum Gasteiger partial charge on any atom is 0.142 e. The molecule has 0 aromatic heterocycles. The van der Waals surface area contributed by atoms with Gasteiger partial charge >= 0.3 is 0 Å². The van der Waals surface area contributed by atoms with Crippen molar-refractivity contribution >= 4 is 5.69 Å². The molecule has 15 heavy (non-hydrogen) atoms.